The molecule has 0 bridgehead atoms. The highest BCUT2D eigenvalue weighted by atomic mass is 16.6. The van der Waals surface area contributed by atoms with Gasteiger partial charge in [-0.1, -0.05) is 18.2 Å². The van der Waals surface area contributed by atoms with Crippen LogP contribution in [0.1, 0.15) is 64.7 Å². The summed E-state index contributed by atoms with van der Waals surface area (Å²) in [6.45, 7) is 11.7. The number of ether oxygens (including phenoxy) is 3. The minimum absolute atomic E-state index is 0.260. The Kier molecular flexibility index (Phi) is 10.5. The van der Waals surface area contributed by atoms with Crippen LogP contribution in [-0.2, 0) is 38.3 Å². The number of carbonyl (C=O) groups excluding carboxylic acids is 3. The van der Waals surface area contributed by atoms with Crippen molar-refractivity contribution < 1.29 is 28.6 Å². The number of carbonyl (C=O) groups is 3. The summed E-state index contributed by atoms with van der Waals surface area (Å²) in [5.41, 5.74) is 1.98. The van der Waals surface area contributed by atoms with Gasteiger partial charge in [0, 0.05) is 19.5 Å². The van der Waals surface area contributed by atoms with E-state index in [9.17, 15) is 14.4 Å². The molecule has 8 nitrogen and oxygen atoms in total. The predicted octanol–water partition coefficient (Wildman–Crippen LogP) is 3.93. The Morgan fingerprint density at radius 3 is 1.75 bits per heavy atom. The number of methoxy groups -OCH3 is 1. The highest BCUT2D eigenvalue weighted by Crippen LogP contribution is 2.16. The molecule has 0 radical (unpaired) electrons. The smallest absolute Gasteiger partial charge is 0.407 e. The molecule has 2 amide bonds. The van der Waals surface area contributed by atoms with E-state index in [0.29, 0.717) is 38.8 Å². The number of hydrogen-bond donors (Lipinski definition) is 2. The molecule has 0 aliphatic carbocycles. The van der Waals surface area contributed by atoms with Crippen LogP contribution in [0.25, 0.3) is 0 Å². The van der Waals surface area contributed by atoms with Crippen molar-refractivity contribution in [1.82, 2.24) is 10.6 Å². The zero-order chi connectivity index (χ0) is 24.4. The monoisotopic (exact) mass is 450 g/mol. The van der Waals surface area contributed by atoms with Crippen LogP contribution >= 0.6 is 0 Å². The highest BCUT2D eigenvalue weighted by Gasteiger charge is 2.17. The van der Waals surface area contributed by atoms with Gasteiger partial charge in [0.1, 0.15) is 11.2 Å². The molecule has 32 heavy (non-hydrogen) atoms. The van der Waals surface area contributed by atoms with E-state index in [2.05, 4.69) is 10.6 Å². The first-order valence-corrected chi connectivity index (χ1v) is 10.9. The van der Waals surface area contributed by atoms with Gasteiger partial charge in [0.2, 0.25) is 0 Å². The molecule has 1 aromatic rings. The number of alkyl carbamates (subject to hydrolysis) is 2. The second-order valence-corrected chi connectivity index (χ2v) is 9.54. The molecule has 0 saturated heterocycles. The van der Waals surface area contributed by atoms with Gasteiger partial charge in [0.05, 0.1) is 7.11 Å². The van der Waals surface area contributed by atoms with Crippen LogP contribution in [0.5, 0.6) is 0 Å². The maximum absolute atomic E-state index is 11.9. The number of nitrogens with one attached hydrogen (secondary N) is 2. The minimum atomic E-state index is -0.559. The van der Waals surface area contributed by atoms with Gasteiger partial charge in [-0.05, 0) is 77.5 Å². The van der Waals surface area contributed by atoms with Gasteiger partial charge in [0.15, 0.2) is 0 Å². The van der Waals surface area contributed by atoms with Crippen molar-refractivity contribution in [3.63, 3.8) is 0 Å². The fourth-order valence-electron chi connectivity index (χ4n) is 2.89. The van der Waals surface area contributed by atoms with E-state index in [4.69, 9.17) is 14.2 Å². The predicted molar refractivity (Wildman–Crippen MR) is 123 cm³/mol. The van der Waals surface area contributed by atoms with Gasteiger partial charge in [0.25, 0.3) is 0 Å². The van der Waals surface area contributed by atoms with E-state index in [-0.39, 0.29) is 5.97 Å². The molecule has 0 aliphatic heterocycles. The second-order valence-electron chi connectivity index (χ2n) is 9.54. The summed E-state index contributed by atoms with van der Waals surface area (Å²) in [7, 11) is 1.37. The first kappa shape index (κ1) is 27.3. The van der Waals surface area contributed by atoms with Crippen molar-refractivity contribution in [2.75, 3.05) is 20.2 Å². The Hall–Kier alpha value is -2.77. The summed E-state index contributed by atoms with van der Waals surface area (Å²) < 4.78 is 15.3. The molecule has 0 heterocycles. The summed E-state index contributed by atoms with van der Waals surface area (Å²) >= 11 is 0. The molecule has 0 saturated carbocycles. The molecule has 180 valence electrons. The fraction of sp³-hybridized carbons (Fsp3) is 0.625. The molecule has 2 N–H and O–H groups in total. The molecule has 0 fully saturated rings. The van der Waals surface area contributed by atoms with Gasteiger partial charge in [-0.2, -0.15) is 0 Å². The Labute approximate surface area is 191 Å². The van der Waals surface area contributed by atoms with Crippen molar-refractivity contribution in [3.8, 4) is 0 Å². The van der Waals surface area contributed by atoms with Crippen LogP contribution in [0.2, 0.25) is 0 Å². The average Bonchev–Trinajstić information content (AvgIpc) is 2.64. The van der Waals surface area contributed by atoms with E-state index < -0.39 is 23.4 Å². The number of rotatable bonds is 9. The standard InChI is InChI=1S/C24H38N2O6/c1-23(2,3)31-21(28)25-14-12-18-10-8-17(9-11-20(27)30-7)16-19(18)13-15-26-22(29)32-24(4,5)6/h8,10,16H,9,11-15H2,1-7H3,(H,25,28)(H,26,29). The van der Waals surface area contributed by atoms with Crippen molar-refractivity contribution in [2.45, 2.75) is 78.4 Å². The van der Waals surface area contributed by atoms with Crippen LogP contribution in [0.4, 0.5) is 9.59 Å². The quantitative estimate of drug-likeness (QED) is 0.437. The summed E-state index contributed by atoms with van der Waals surface area (Å²) in [6, 6.07) is 5.99. The van der Waals surface area contributed by atoms with E-state index in [0.717, 1.165) is 16.7 Å². The molecule has 0 spiro atoms. The SMILES string of the molecule is COC(=O)CCc1ccc(CCNC(=O)OC(C)(C)C)c(CCNC(=O)OC(C)(C)C)c1. The number of esters is 1. The Bertz CT molecular complexity index is 778. The van der Waals surface area contributed by atoms with Crippen LogP contribution in [-0.4, -0.2) is 49.6 Å². The Morgan fingerprint density at radius 2 is 1.28 bits per heavy atom. The van der Waals surface area contributed by atoms with Crippen LogP contribution in [0, 0.1) is 0 Å². The lowest BCUT2D eigenvalue weighted by molar-refractivity contribution is -0.140. The molecule has 1 aromatic carbocycles. The zero-order valence-electron chi connectivity index (χ0n) is 20.4. The van der Waals surface area contributed by atoms with E-state index in [1.807, 2.05) is 59.7 Å². The van der Waals surface area contributed by atoms with Gasteiger partial charge >= 0.3 is 18.2 Å². The summed E-state index contributed by atoms with van der Waals surface area (Å²) in [5, 5.41) is 5.53. The number of aryl methyl sites for hydroxylation is 1. The third kappa shape index (κ3) is 12.2. The number of hydrogen-bond acceptors (Lipinski definition) is 6. The molecule has 0 aromatic heterocycles. The lowest BCUT2D eigenvalue weighted by Crippen LogP contribution is -2.34. The Morgan fingerprint density at radius 1 is 0.781 bits per heavy atom. The molecular weight excluding hydrogens is 412 g/mol. The zero-order valence-corrected chi connectivity index (χ0v) is 20.4. The Balaban J connectivity index is 2.77. The van der Waals surface area contributed by atoms with Crippen LogP contribution < -0.4 is 10.6 Å². The van der Waals surface area contributed by atoms with Crippen molar-refractivity contribution in [1.29, 1.82) is 0 Å². The lowest BCUT2D eigenvalue weighted by Gasteiger charge is -2.20. The van der Waals surface area contributed by atoms with Crippen molar-refractivity contribution in [2.24, 2.45) is 0 Å². The van der Waals surface area contributed by atoms with Crippen LogP contribution in [0.3, 0.4) is 0 Å². The van der Waals surface area contributed by atoms with Crippen molar-refractivity contribution in [3.05, 3.63) is 34.9 Å². The first-order chi connectivity index (χ1) is 14.8. The minimum Gasteiger partial charge on any atom is -0.469 e. The maximum Gasteiger partial charge on any atom is 0.407 e. The van der Waals surface area contributed by atoms with Gasteiger partial charge in [-0.3, -0.25) is 4.79 Å². The summed E-state index contributed by atoms with van der Waals surface area (Å²) in [5.74, 6) is -0.260. The average molecular weight is 451 g/mol. The lowest BCUT2D eigenvalue weighted by atomic mass is 9.97. The number of benzene rings is 1. The molecule has 8 heteroatoms. The third-order valence-corrected chi connectivity index (χ3v) is 4.24. The van der Waals surface area contributed by atoms with Gasteiger partial charge < -0.3 is 24.8 Å². The molecule has 0 atom stereocenters. The maximum atomic E-state index is 11.9. The summed E-state index contributed by atoms with van der Waals surface area (Å²) in [6.07, 6.45) is 1.14. The normalized spacial score (nSPS) is 11.5. The van der Waals surface area contributed by atoms with E-state index in [1.165, 1.54) is 7.11 Å². The third-order valence-electron chi connectivity index (χ3n) is 4.24. The molecular formula is C24H38N2O6. The highest BCUT2D eigenvalue weighted by molar-refractivity contribution is 5.69. The van der Waals surface area contributed by atoms with E-state index in [1.54, 1.807) is 0 Å². The fourth-order valence-corrected chi connectivity index (χ4v) is 2.89. The molecule has 0 aliphatic rings. The first-order valence-electron chi connectivity index (χ1n) is 10.9. The molecule has 1 rings (SSSR count). The van der Waals surface area contributed by atoms with E-state index >= 15 is 0 Å². The van der Waals surface area contributed by atoms with Crippen LogP contribution in [0.15, 0.2) is 18.2 Å². The number of amides is 2. The van der Waals surface area contributed by atoms with Crippen molar-refractivity contribution >= 4 is 18.2 Å². The van der Waals surface area contributed by atoms with Gasteiger partial charge in [-0.15, -0.1) is 0 Å². The summed E-state index contributed by atoms with van der Waals surface area (Å²) in [4.78, 5) is 35.3. The largest absolute Gasteiger partial charge is 0.469 e. The second kappa shape index (κ2) is 12.3. The van der Waals surface area contributed by atoms with Gasteiger partial charge in [-0.25, -0.2) is 9.59 Å². The topological polar surface area (TPSA) is 103 Å². The molecule has 0 unspecified atom stereocenters.